The summed E-state index contributed by atoms with van der Waals surface area (Å²) in [5.74, 6) is 0.340. The van der Waals surface area contributed by atoms with Crippen molar-refractivity contribution >= 4 is 5.97 Å². The molecule has 1 rings (SSSR count). The number of hydrogen-bond acceptors (Lipinski definition) is 4. The summed E-state index contributed by atoms with van der Waals surface area (Å²) in [6.45, 7) is 11.8. The zero-order valence-corrected chi connectivity index (χ0v) is 14.5. The average Bonchev–Trinajstić information content (AvgIpc) is 2.88. The van der Waals surface area contributed by atoms with Gasteiger partial charge in [-0.3, -0.25) is 9.69 Å². The van der Waals surface area contributed by atoms with Crippen LogP contribution in [0.15, 0.2) is 0 Å². The summed E-state index contributed by atoms with van der Waals surface area (Å²) in [5.41, 5.74) is 5.31. The van der Waals surface area contributed by atoms with Gasteiger partial charge >= 0.3 is 5.97 Å². The number of rotatable bonds is 8. The molecule has 0 aromatic rings. The molecule has 0 aromatic carbocycles. The fraction of sp³-hybridized carbons (Fsp3) is 0.941. The van der Waals surface area contributed by atoms with Crippen molar-refractivity contribution in [3.05, 3.63) is 0 Å². The van der Waals surface area contributed by atoms with E-state index in [1.165, 1.54) is 25.7 Å². The number of nitrogens with two attached hydrogens (primary N) is 1. The van der Waals surface area contributed by atoms with Gasteiger partial charge in [0.25, 0.3) is 0 Å². The summed E-state index contributed by atoms with van der Waals surface area (Å²) in [7, 11) is 0. The fourth-order valence-electron chi connectivity index (χ4n) is 3.46. The summed E-state index contributed by atoms with van der Waals surface area (Å²) in [5, 5.41) is 0. The summed E-state index contributed by atoms with van der Waals surface area (Å²) in [6, 6.07) is 0.954. The molecule has 0 spiro atoms. The molecule has 4 nitrogen and oxygen atoms in total. The second-order valence-electron chi connectivity index (χ2n) is 7.22. The minimum absolute atomic E-state index is 0.284. The van der Waals surface area contributed by atoms with Gasteiger partial charge in [-0.2, -0.15) is 0 Å². The van der Waals surface area contributed by atoms with Gasteiger partial charge < -0.3 is 10.5 Å². The van der Waals surface area contributed by atoms with Gasteiger partial charge in [0.15, 0.2) is 0 Å². The third-order valence-corrected chi connectivity index (χ3v) is 4.40. The largest absolute Gasteiger partial charge is 0.465 e. The number of carbonyl (C=O) groups excluding carboxylic acids is 1. The standard InChI is InChI=1S/C17H34N2O2/c1-6-21-16(20)17(5,18)11-14(4)19(12-13(2)3)15-9-7-8-10-15/h13-15H,6-12,18H2,1-5H3. The van der Waals surface area contributed by atoms with Crippen LogP contribution in [0, 0.1) is 5.92 Å². The highest BCUT2D eigenvalue weighted by molar-refractivity contribution is 5.80. The van der Waals surface area contributed by atoms with Crippen LogP contribution >= 0.6 is 0 Å². The first kappa shape index (κ1) is 18.4. The number of nitrogens with zero attached hydrogens (tertiary/aromatic N) is 1. The van der Waals surface area contributed by atoms with E-state index in [4.69, 9.17) is 10.5 Å². The molecule has 124 valence electrons. The minimum Gasteiger partial charge on any atom is -0.465 e. The van der Waals surface area contributed by atoms with Gasteiger partial charge in [-0.15, -0.1) is 0 Å². The molecule has 1 saturated carbocycles. The Kier molecular flexibility index (Phi) is 7.14. The van der Waals surface area contributed by atoms with Crippen molar-refractivity contribution in [2.45, 2.75) is 84.3 Å². The summed E-state index contributed by atoms with van der Waals surface area (Å²) < 4.78 is 5.11. The maximum absolute atomic E-state index is 12.0. The van der Waals surface area contributed by atoms with Crippen LogP contribution in [0.25, 0.3) is 0 Å². The lowest BCUT2D eigenvalue weighted by molar-refractivity contribution is -0.149. The van der Waals surface area contributed by atoms with Crippen LogP contribution in [0.4, 0.5) is 0 Å². The Morgan fingerprint density at radius 3 is 2.38 bits per heavy atom. The van der Waals surface area contributed by atoms with E-state index in [1.807, 2.05) is 6.92 Å². The highest BCUT2D eigenvalue weighted by Crippen LogP contribution is 2.28. The van der Waals surface area contributed by atoms with E-state index in [1.54, 1.807) is 6.92 Å². The van der Waals surface area contributed by atoms with Crippen LogP contribution < -0.4 is 5.73 Å². The zero-order valence-electron chi connectivity index (χ0n) is 14.5. The van der Waals surface area contributed by atoms with E-state index < -0.39 is 5.54 Å². The van der Waals surface area contributed by atoms with E-state index in [-0.39, 0.29) is 5.97 Å². The molecule has 0 amide bonds. The van der Waals surface area contributed by atoms with Crippen LogP contribution in [0.3, 0.4) is 0 Å². The monoisotopic (exact) mass is 298 g/mol. The molecule has 1 aliphatic carbocycles. The van der Waals surface area contributed by atoms with Crippen molar-refractivity contribution in [3.63, 3.8) is 0 Å². The molecule has 2 atom stereocenters. The highest BCUT2D eigenvalue weighted by atomic mass is 16.5. The zero-order chi connectivity index (χ0) is 16.0. The molecule has 0 aromatic heterocycles. The number of carbonyl (C=O) groups is 1. The molecule has 1 aliphatic rings. The van der Waals surface area contributed by atoms with E-state index >= 15 is 0 Å². The Hall–Kier alpha value is -0.610. The first-order valence-electron chi connectivity index (χ1n) is 8.49. The molecular weight excluding hydrogens is 264 g/mol. The van der Waals surface area contributed by atoms with Crippen LogP contribution in [-0.4, -0.2) is 41.6 Å². The van der Waals surface area contributed by atoms with E-state index in [9.17, 15) is 4.79 Å². The van der Waals surface area contributed by atoms with Gasteiger partial charge in [0.05, 0.1) is 6.61 Å². The molecule has 0 saturated heterocycles. The Morgan fingerprint density at radius 1 is 1.33 bits per heavy atom. The second-order valence-corrected chi connectivity index (χ2v) is 7.22. The topological polar surface area (TPSA) is 55.6 Å². The third-order valence-electron chi connectivity index (χ3n) is 4.40. The number of ether oxygens (including phenoxy) is 1. The van der Waals surface area contributed by atoms with Gasteiger partial charge in [-0.05, 0) is 46.0 Å². The lowest BCUT2D eigenvalue weighted by Crippen LogP contribution is -2.53. The molecule has 0 aliphatic heterocycles. The van der Waals surface area contributed by atoms with Gasteiger partial charge in [0, 0.05) is 18.6 Å². The van der Waals surface area contributed by atoms with Crippen molar-refractivity contribution in [2.24, 2.45) is 11.7 Å². The third kappa shape index (κ3) is 5.59. The fourth-order valence-corrected chi connectivity index (χ4v) is 3.46. The van der Waals surface area contributed by atoms with Crippen LogP contribution in [0.1, 0.15) is 66.7 Å². The summed E-state index contributed by atoms with van der Waals surface area (Å²) >= 11 is 0. The normalized spacial score (nSPS) is 20.8. The van der Waals surface area contributed by atoms with Crippen LogP contribution in [-0.2, 0) is 9.53 Å². The molecule has 0 heterocycles. The van der Waals surface area contributed by atoms with E-state index in [2.05, 4.69) is 25.7 Å². The highest BCUT2D eigenvalue weighted by Gasteiger charge is 2.35. The molecule has 21 heavy (non-hydrogen) atoms. The maximum Gasteiger partial charge on any atom is 0.325 e. The predicted molar refractivity (Wildman–Crippen MR) is 87.1 cm³/mol. The Morgan fingerprint density at radius 2 is 1.90 bits per heavy atom. The van der Waals surface area contributed by atoms with Crippen molar-refractivity contribution in [1.29, 1.82) is 0 Å². The maximum atomic E-state index is 12.0. The van der Waals surface area contributed by atoms with Gasteiger partial charge in [0.2, 0.25) is 0 Å². The Labute approximate surface area is 130 Å². The van der Waals surface area contributed by atoms with Gasteiger partial charge in [-0.25, -0.2) is 0 Å². The lowest BCUT2D eigenvalue weighted by Gasteiger charge is -2.38. The SMILES string of the molecule is CCOC(=O)C(C)(N)CC(C)N(CC(C)C)C1CCCC1. The quantitative estimate of drug-likeness (QED) is 0.700. The Balaban J connectivity index is 2.70. The van der Waals surface area contributed by atoms with Crippen molar-refractivity contribution in [2.75, 3.05) is 13.2 Å². The Bertz CT molecular complexity index is 323. The van der Waals surface area contributed by atoms with Crippen LogP contribution in [0.5, 0.6) is 0 Å². The second kappa shape index (κ2) is 8.14. The molecule has 2 N–H and O–H groups in total. The smallest absolute Gasteiger partial charge is 0.325 e. The molecule has 4 heteroatoms. The molecule has 0 radical (unpaired) electrons. The summed E-state index contributed by atoms with van der Waals surface area (Å²) in [4.78, 5) is 14.6. The first-order chi connectivity index (χ1) is 9.77. The van der Waals surface area contributed by atoms with E-state index in [0.29, 0.717) is 31.0 Å². The van der Waals surface area contributed by atoms with Crippen molar-refractivity contribution in [1.82, 2.24) is 4.90 Å². The van der Waals surface area contributed by atoms with Crippen molar-refractivity contribution < 1.29 is 9.53 Å². The lowest BCUT2D eigenvalue weighted by atomic mass is 9.92. The minimum atomic E-state index is -0.900. The van der Waals surface area contributed by atoms with Crippen molar-refractivity contribution in [3.8, 4) is 0 Å². The van der Waals surface area contributed by atoms with Gasteiger partial charge in [0.1, 0.15) is 5.54 Å². The molecule has 2 unspecified atom stereocenters. The van der Waals surface area contributed by atoms with Crippen LogP contribution in [0.2, 0.25) is 0 Å². The molecule has 1 fully saturated rings. The average molecular weight is 298 g/mol. The molecule has 0 bridgehead atoms. The predicted octanol–water partition coefficient (Wildman–Crippen LogP) is 2.95. The molecular formula is C17H34N2O2. The number of hydrogen-bond donors (Lipinski definition) is 1. The van der Waals surface area contributed by atoms with Gasteiger partial charge in [-0.1, -0.05) is 26.7 Å². The van der Waals surface area contributed by atoms with E-state index in [0.717, 1.165) is 6.54 Å². The first-order valence-corrected chi connectivity index (χ1v) is 8.49. The number of esters is 1. The summed E-state index contributed by atoms with van der Waals surface area (Å²) in [6.07, 6.45) is 5.85.